The highest BCUT2D eigenvalue weighted by molar-refractivity contribution is 9.10. The molecular weight excluding hydrogens is 389 g/mol. The highest BCUT2D eigenvalue weighted by Gasteiger charge is 2.35. The van der Waals surface area contributed by atoms with E-state index in [1.165, 1.54) is 19.2 Å². The van der Waals surface area contributed by atoms with Crippen molar-refractivity contribution in [3.8, 4) is 0 Å². The topological polar surface area (TPSA) is 49.8 Å². The van der Waals surface area contributed by atoms with Crippen molar-refractivity contribution in [2.45, 2.75) is 19.7 Å². The van der Waals surface area contributed by atoms with Crippen LogP contribution in [0.15, 0.2) is 52.5 Å². The van der Waals surface area contributed by atoms with Crippen molar-refractivity contribution in [1.82, 2.24) is 0 Å². The molecule has 1 aliphatic heterocycles. The van der Waals surface area contributed by atoms with Crippen molar-refractivity contribution in [3.05, 3.63) is 69.5 Å². The normalized spacial score (nSPS) is 16.8. The Kier molecular flexibility index (Phi) is 4.92. The molecule has 1 aliphatic rings. The zero-order valence-corrected chi connectivity index (χ0v) is 15.4. The number of hydrogen-bond donors (Lipinski definition) is 1. The fourth-order valence-corrected chi connectivity index (χ4v) is 3.49. The Labute approximate surface area is 153 Å². The van der Waals surface area contributed by atoms with Gasteiger partial charge in [-0.3, -0.25) is 0 Å². The zero-order chi connectivity index (χ0) is 18.1. The van der Waals surface area contributed by atoms with Crippen LogP contribution in [-0.4, -0.2) is 24.4 Å². The Morgan fingerprint density at radius 2 is 1.96 bits per heavy atom. The van der Waals surface area contributed by atoms with E-state index in [2.05, 4.69) is 15.9 Å². The molecule has 3 rings (SSSR count). The van der Waals surface area contributed by atoms with Crippen LogP contribution in [0.5, 0.6) is 0 Å². The smallest absolute Gasteiger partial charge is 0.336 e. The molecule has 1 N–H and O–H groups in total. The number of halogens is 2. The van der Waals surface area contributed by atoms with Gasteiger partial charge in [-0.15, -0.1) is 0 Å². The summed E-state index contributed by atoms with van der Waals surface area (Å²) in [5.41, 5.74) is 3.46. The van der Waals surface area contributed by atoms with Crippen LogP contribution in [0, 0.1) is 5.82 Å². The van der Waals surface area contributed by atoms with E-state index in [-0.39, 0.29) is 11.4 Å². The summed E-state index contributed by atoms with van der Waals surface area (Å²) in [6, 6.07) is 11.9. The molecule has 1 unspecified atom stereocenters. The number of hydrogen-bond acceptors (Lipinski definition) is 3. The third-order valence-corrected chi connectivity index (χ3v) is 4.82. The number of carbonyl (C=O) groups is 1. The van der Waals surface area contributed by atoms with E-state index in [4.69, 9.17) is 4.74 Å². The number of aliphatic carboxylic acids is 1. The van der Waals surface area contributed by atoms with E-state index in [1.54, 1.807) is 19.1 Å². The molecule has 0 aliphatic carbocycles. The highest BCUT2D eigenvalue weighted by Crippen LogP contribution is 2.40. The number of ether oxygens (including phenoxy) is 1. The summed E-state index contributed by atoms with van der Waals surface area (Å²) in [7, 11) is 1.49. The van der Waals surface area contributed by atoms with E-state index in [0.717, 1.165) is 21.3 Å². The molecular formula is C19H17BrFNO3. The summed E-state index contributed by atoms with van der Waals surface area (Å²) in [5.74, 6) is -1.32. The lowest BCUT2D eigenvalue weighted by Crippen LogP contribution is -2.43. The van der Waals surface area contributed by atoms with Crippen molar-refractivity contribution < 1.29 is 19.0 Å². The van der Waals surface area contributed by atoms with Crippen LogP contribution in [0.3, 0.4) is 0 Å². The number of benzene rings is 2. The van der Waals surface area contributed by atoms with Crippen molar-refractivity contribution >= 4 is 33.2 Å². The maximum Gasteiger partial charge on any atom is 0.336 e. The molecule has 4 nitrogen and oxygen atoms in total. The summed E-state index contributed by atoms with van der Waals surface area (Å²) in [6.07, 6.45) is -0.732. The van der Waals surface area contributed by atoms with Crippen LogP contribution in [0.2, 0.25) is 0 Å². The fourth-order valence-electron chi connectivity index (χ4n) is 3.14. The minimum atomic E-state index is -1.01. The largest absolute Gasteiger partial charge is 0.478 e. The van der Waals surface area contributed by atoms with Gasteiger partial charge in [0.2, 0.25) is 0 Å². The number of methoxy groups -OCH3 is 1. The average Bonchev–Trinajstić information content (AvgIpc) is 2.58. The molecule has 0 fully saturated rings. The van der Waals surface area contributed by atoms with Crippen LogP contribution in [0.1, 0.15) is 18.1 Å². The fraction of sp³-hybridized carbons (Fsp3) is 0.211. The molecule has 1 heterocycles. The highest BCUT2D eigenvalue weighted by atomic mass is 79.9. The summed E-state index contributed by atoms with van der Waals surface area (Å²) >= 11 is 3.47. The lowest BCUT2D eigenvalue weighted by molar-refractivity contribution is -0.134. The molecule has 0 bridgehead atoms. The second-order valence-corrected chi connectivity index (χ2v) is 6.76. The average molecular weight is 406 g/mol. The second-order valence-electron chi connectivity index (χ2n) is 5.85. The molecule has 6 heteroatoms. The van der Waals surface area contributed by atoms with Crippen molar-refractivity contribution in [2.75, 3.05) is 12.0 Å². The molecule has 1 atom stereocenters. The maximum absolute atomic E-state index is 13.2. The van der Waals surface area contributed by atoms with Crippen LogP contribution < -0.4 is 4.90 Å². The Morgan fingerprint density at radius 1 is 1.28 bits per heavy atom. The van der Waals surface area contributed by atoms with Crippen LogP contribution in [-0.2, 0) is 16.1 Å². The summed E-state index contributed by atoms with van der Waals surface area (Å²) < 4.78 is 19.6. The number of carboxylic acid groups (broad SMARTS) is 1. The van der Waals surface area contributed by atoms with E-state index < -0.39 is 12.2 Å². The van der Waals surface area contributed by atoms with Gasteiger partial charge in [-0.25, -0.2) is 9.18 Å². The predicted octanol–water partition coefficient (Wildman–Crippen LogP) is 4.44. The molecule has 25 heavy (non-hydrogen) atoms. The third-order valence-electron chi connectivity index (χ3n) is 4.33. The minimum Gasteiger partial charge on any atom is -0.478 e. The standard InChI is InChI=1S/C19H17BrFNO3/c1-11-15-8-5-13(20)9-16(15)22(18(25-2)17(11)19(23)24)10-12-3-6-14(21)7-4-12/h3-9,18H,10H2,1-2H3,(H,23,24). The molecule has 0 spiro atoms. The van der Waals surface area contributed by atoms with E-state index in [1.807, 2.05) is 23.1 Å². The van der Waals surface area contributed by atoms with Crippen molar-refractivity contribution in [2.24, 2.45) is 0 Å². The van der Waals surface area contributed by atoms with Gasteiger partial charge in [0.25, 0.3) is 0 Å². The molecule has 0 amide bonds. The molecule has 0 radical (unpaired) electrons. The quantitative estimate of drug-likeness (QED) is 0.816. The van der Waals surface area contributed by atoms with Crippen molar-refractivity contribution in [3.63, 3.8) is 0 Å². The van der Waals surface area contributed by atoms with Gasteiger partial charge in [0, 0.05) is 29.4 Å². The SMILES string of the molecule is COC1C(C(=O)O)=C(C)c2ccc(Br)cc2N1Cc1ccc(F)cc1. The number of fused-ring (bicyclic) bond motifs is 1. The van der Waals surface area contributed by atoms with E-state index in [9.17, 15) is 14.3 Å². The second kappa shape index (κ2) is 6.98. The Balaban J connectivity index is 2.13. The van der Waals surface area contributed by atoms with Crippen molar-refractivity contribution in [1.29, 1.82) is 0 Å². The third kappa shape index (κ3) is 3.32. The summed E-state index contributed by atoms with van der Waals surface area (Å²) in [6.45, 7) is 2.18. The number of allylic oxidation sites excluding steroid dienone is 1. The van der Waals surface area contributed by atoms with Crippen LogP contribution >= 0.6 is 15.9 Å². The van der Waals surface area contributed by atoms with Crippen LogP contribution in [0.4, 0.5) is 10.1 Å². The zero-order valence-electron chi connectivity index (χ0n) is 13.8. The molecule has 0 saturated heterocycles. The van der Waals surface area contributed by atoms with E-state index >= 15 is 0 Å². The molecule has 2 aromatic rings. The molecule has 0 saturated carbocycles. The van der Waals surface area contributed by atoms with Gasteiger partial charge < -0.3 is 14.7 Å². The van der Waals surface area contributed by atoms with Crippen LogP contribution in [0.25, 0.3) is 5.57 Å². The number of anilines is 1. The number of nitrogens with zero attached hydrogens (tertiary/aromatic N) is 1. The predicted molar refractivity (Wildman–Crippen MR) is 97.8 cm³/mol. The lowest BCUT2D eigenvalue weighted by atomic mass is 9.92. The van der Waals surface area contributed by atoms with E-state index in [0.29, 0.717) is 12.1 Å². The molecule has 0 aromatic heterocycles. The summed E-state index contributed by atoms with van der Waals surface area (Å²) in [4.78, 5) is 13.7. The Morgan fingerprint density at radius 3 is 2.56 bits per heavy atom. The number of rotatable bonds is 4. The van der Waals surface area contributed by atoms with Gasteiger partial charge in [0.1, 0.15) is 5.82 Å². The van der Waals surface area contributed by atoms with Gasteiger partial charge in [-0.05, 0) is 42.3 Å². The van der Waals surface area contributed by atoms with Gasteiger partial charge in [-0.1, -0.05) is 34.1 Å². The van der Waals surface area contributed by atoms with Gasteiger partial charge in [0.05, 0.1) is 5.57 Å². The maximum atomic E-state index is 13.2. The first-order valence-electron chi connectivity index (χ1n) is 7.70. The first kappa shape index (κ1) is 17.6. The molecule has 2 aromatic carbocycles. The Bertz CT molecular complexity index is 848. The minimum absolute atomic E-state index is 0.208. The molecule has 130 valence electrons. The summed E-state index contributed by atoms with van der Waals surface area (Å²) in [5, 5.41) is 9.69. The first-order chi connectivity index (χ1) is 11.9. The Hall–Kier alpha value is -2.18. The van der Waals surface area contributed by atoms with Gasteiger partial charge >= 0.3 is 5.97 Å². The van der Waals surface area contributed by atoms with Gasteiger partial charge in [-0.2, -0.15) is 0 Å². The monoisotopic (exact) mass is 405 g/mol. The lowest BCUT2D eigenvalue weighted by Gasteiger charge is -2.39. The van der Waals surface area contributed by atoms with Gasteiger partial charge in [0.15, 0.2) is 6.23 Å². The first-order valence-corrected chi connectivity index (χ1v) is 8.49. The number of carboxylic acids is 1.